The Bertz CT molecular complexity index is 797. The van der Waals surface area contributed by atoms with Gasteiger partial charge in [0.15, 0.2) is 0 Å². The van der Waals surface area contributed by atoms with Crippen molar-refractivity contribution in [2.45, 2.75) is 57.1 Å². The van der Waals surface area contributed by atoms with Crippen LogP contribution in [0.2, 0.25) is 0 Å². The molecule has 0 radical (unpaired) electrons. The topological polar surface area (TPSA) is 93.4 Å². The van der Waals surface area contributed by atoms with Gasteiger partial charge in [0.1, 0.15) is 12.2 Å². The van der Waals surface area contributed by atoms with Gasteiger partial charge in [0.05, 0.1) is 25.4 Å². The number of piperidine rings is 1. The Morgan fingerprint density at radius 1 is 0.935 bits per heavy atom. The molecule has 6 nitrogen and oxygen atoms in total. The number of nitrogens with zero attached hydrogens (tertiary/aromatic N) is 1. The van der Waals surface area contributed by atoms with Gasteiger partial charge >= 0.3 is 0 Å². The van der Waals surface area contributed by atoms with Crippen LogP contribution in [0.5, 0.6) is 0 Å². The van der Waals surface area contributed by atoms with Crippen LogP contribution in [-0.4, -0.2) is 76.0 Å². The first-order chi connectivity index (χ1) is 15.0. The van der Waals surface area contributed by atoms with Gasteiger partial charge in [0.2, 0.25) is 0 Å². The van der Waals surface area contributed by atoms with Crippen LogP contribution in [0.25, 0.3) is 11.1 Å². The molecule has 3 rings (SSSR count). The average Bonchev–Trinajstić information content (AvgIpc) is 2.77. The second-order valence-electron chi connectivity index (χ2n) is 8.47. The SMILES string of the molecule is Cc1cccc(-c2ccc(COCCCCCN3C[C@H](O)[C@@H](O)[C@H](O)[C@@H]3CO)cc2)c1. The fourth-order valence-corrected chi connectivity index (χ4v) is 4.14. The molecule has 1 aliphatic rings. The molecule has 1 saturated heterocycles. The maximum absolute atomic E-state index is 10.0. The van der Waals surface area contributed by atoms with Gasteiger partial charge in [-0.3, -0.25) is 4.90 Å². The molecule has 1 aliphatic heterocycles. The van der Waals surface area contributed by atoms with Crippen LogP contribution >= 0.6 is 0 Å². The van der Waals surface area contributed by atoms with Crippen molar-refractivity contribution in [1.82, 2.24) is 4.90 Å². The second kappa shape index (κ2) is 11.7. The van der Waals surface area contributed by atoms with Crippen LogP contribution in [0.3, 0.4) is 0 Å². The van der Waals surface area contributed by atoms with E-state index in [1.807, 2.05) is 4.90 Å². The normalized spacial score (nSPS) is 24.4. The van der Waals surface area contributed by atoms with Gasteiger partial charge in [0, 0.05) is 13.2 Å². The summed E-state index contributed by atoms with van der Waals surface area (Å²) in [6, 6.07) is 16.4. The number of aliphatic hydroxyl groups is 4. The summed E-state index contributed by atoms with van der Waals surface area (Å²) in [6.07, 6.45) is -0.566. The number of unbranched alkanes of at least 4 members (excludes halogenated alkanes) is 2. The fourth-order valence-electron chi connectivity index (χ4n) is 4.14. The molecule has 31 heavy (non-hydrogen) atoms. The maximum Gasteiger partial charge on any atom is 0.109 e. The number of benzene rings is 2. The van der Waals surface area contributed by atoms with Gasteiger partial charge in [-0.1, -0.05) is 54.1 Å². The van der Waals surface area contributed by atoms with Crippen LogP contribution in [0.4, 0.5) is 0 Å². The molecule has 6 heteroatoms. The maximum atomic E-state index is 10.0. The van der Waals surface area contributed by atoms with Crippen molar-refractivity contribution in [1.29, 1.82) is 0 Å². The van der Waals surface area contributed by atoms with E-state index < -0.39 is 24.4 Å². The third-order valence-electron chi connectivity index (χ3n) is 6.02. The number of hydrogen-bond acceptors (Lipinski definition) is 6. The third kappa shape index (κ3) is 6.59. The minimum absolute atomic E-state index is 0.239. The second-order valence-corrected chi connectivity index (χ2v) is 8.47. The van der Waals surface area contributed by atoms with Gasteiger partial charge in [-0.05, 0) is 49.4 Å². The molecule has 4 atom stereocenters. The largest absolute Gasteiger partial charge is 0.395 e. The number of β-amino-alcohol motifs (C(OH)–C–C–N with tert-alkyl or cyclic N) is 1. The molecule has 0 spiro atoms. The van der Waals surface area contributed by atoms with Crippen molar-refractivity contribution in [3.8, 4) is 11.1 Å². The molecule has 170 valence electrons. The molecule has 1 fully saturated rings. The Morgan fingerprint density at radius 2 is 1.71 bits per heavy atom. The van der Waals surface area contributed by atoms with Gasteiger partial charge < -0.3 is 25.2 Å². The summed E-state index contributed by atoms with van der Waals surface area (Å²) in [5.74, 6) is 0. The number of rotatable bonds is 10. The quantitative estimate of drug-likeness (QED) is 0.432. The summed E-state index contributed by atoms with van der Waals surface area (Å²) in [7, 11) is 0. The summed E-state index contributed by atoms with van der Waals surface area (Å²) in [5, 5.41) is 39.1. The Kier molecular flexibility index (Phi) is 9.02. The van der Waals surface area contributed by atoms with Crippen LogP contribution in [-0.2, 0) is 11.3 Å². The summed E-state index contributed by atoms with van der Waals surface area (Å²) in [5.41, 5.74) is 4.83. The predicted octanol–water partition coefficient (Wildman–Crippen LogP) is 2.11. The van der Waals surface area contributed by atoms with Gasteiger partial charge in [-0.15, -0.1) is 0 Å². The lowest BCUT2D eigenvalue weighted by atomic mass is 9.94. The lowest BCUT2D eigenvalue weighted by Crippen LogP contribution is -2.62. The molecule has 2 aromatic rings. The molecule has 0 bridgehead atoms. The van der Waals surface area contributed by atoms with E-state index in [1.165, 1.54) is 16.7 Å². The third-order valence-corrected chi connectivity index (χ3v) is 6.02. The standard InChI is InChI=1S/C25H35NO5/c1-18-6-5-7-21(14-18)20-10-8-19(9-11-20)17-31-13-4-2-3-12-26-15-23(28)25(30)24(29)22(26)16-27/h5-11,14,22-25,27-30H,2-4,12-13,15-17H2,1H3/t22-,23-,24+,25+/m0/s1. The molecule has 0 unspecified atom stereocenters. The lowest BCUT2D eigenvalue weighted by molar-refractivity contribution is -0.145. The highest BCUT2D eigenvalue weighted by molar-refractivity contribution is 5.64. The van der Waals surface area contributed by atoms with E-state index in [4.69, 9.17) is 4.74 Å². The van der Waals surface area contributed by atoms with Crippen molar-refractivity contribution in [3.63, 3.8) is 0 Å². The van der Waals surface area contributed by atoms with Gasteiger partial charge in [-0.25, -0.2) is 0 Å². The van der Waals surface area contributed by atoms with E-state index in [1.54, 1.807) is 0 Å². The molecule has 0 aliphatic carbocycles. The highest BCUT2D eigenvalue weighted by Crippen LogP contribution is 2.21. The molecule has 1 heterocycles. The number of ether oxygens (including phenoxy) is 1. The first-order valence-corrected chi connectivity index (χ1v) is 11.1. The molecular formula is C25H35NO5. The molecule has 0 aromatic heterocycles. The zero-order valence-corrected chi connectivity index (χ0v) is 18.2. The predicted molar refractivity (Wildman–Crippen MR) is 121 cm³/mol. The Labute approximate surface area is 184 Å². The van der Waals surface area contributed by atoms with E-state index in [0.29, 0.717) is 19.8 Å². The van der Waals surface area contributed by atoms with Crippen molar-refractivity contribution in [2.75, 3.05) is 26.3 Å². The molecule has 2 aromatic carbocycles. The molecular weight excluding hydrogens is 394 g/mol. The van der Waals surface area contributed by atoms with Crippen LogP contribution < -0.4 is 0 Å². The number of aryl methyl sites for hydroxylation is 1. The van der Waals surface area contributed by atoms with Crippen molar-refractivity contribution >= 4 is 0 Å². The summed E-state index contributed by atoms with van der Waals surface area (Å²) < 4.78 is 5.80. The van der Waals surface area contributed by atoms with Gasteiger partial charge in [0.25, 0.3) is 0 Å². The highest BCUT2D eigenvalue weighted by Gasteiger charge is 2.40. The first kappa shape index (κ1) is 23.9. The number of hydrogen-bond donors (Lipinski definition) is 4. The van der Waals surface area contributed by atoms with E-state index in [0.717, 1.165) is 24.8 Å². The van der Waals surface area contributed by atoms with Crippen molar-refractivity contribution in [2.24, 2.45) is 0 Å². The van der Waals surface area contributed by atoms with Crippen molar-refractivity contribution < 1.29 is 25.2 Å². The van der Waals surface area contributed by atoms with Crippen LogP contribution in [0.1, 0.15) is 30.4 Å². The summed E-state index contributed by atoms with van der Waals surface area (Å²) in [4.78, 5) is 1.86. The molecule has 4 N–H and O–H groups in total. The smallest absolute Gasteiger partial charge is 0.109 e. The Morgan fingerprint density at radius 3 is 2.42 bits per heavy atom. The lowest BCUT2D eigenvalue weighted by Gasteiger charge is -2.43. The number of aliphatic hydroxyl groups excluding tert-OH is 4. The number of likely N-dealkylation sites (tertiary alicyclic amines) is 1. The minimum atomic E-state index is -1.20. The van der Waals surface area contributed by atoms with E-state index in [2.05, 4.69) is 55.5 Å². The molecule has 0 amide bonds. The fraction of sp³-hybridized carbons (Fsp3) is 0.520. The monoisotopic (exact) mass is 429 g/mol. The highest BCUT2D eigenvalue weighted by atomic mass is 16.5. The first-order valence-electron chi connectivity index (χ1n) is 11.1. The van der Waals surface area contributed by atoms with E-state index >= 15 is 0 Å². The van der Waals surface area contributed by atoms with Gasteiger partial charge in [-0.2, -0.15) is 0 Å². The average molecular weight is 430 g/mol. The zero-order valence-electron chi connectivity index (χ0n) is 18.2. The van der Waals surface area contributed by atoms with Crippen LogP contribution in [0, 0.1) is 6.92 Å². The molecule has 0 saturated carbocycles. The summed E-state index contributed by atoms with van der Waals surface area (Å²) in [6.45, 7) is 4.04. The van der Waals surface area contributed by atoms with E-state index in [-0.39, 0.29) is 13.2 Å². The zero-order chi connectivity index (χ0) is 22.2. The summed E-state index contributed by atoms with van der Waals surface area (Å²) >= 11 is 0. The van der Waals surface area contributed by atoms with Crippen molar-refractivity contribution in [3.05, 3.63) is 59.7 Å². The Hall–Kier alpha value is -1.80. The Balaban J connectivity index is 1.33. The van der Waals surface area contributed by atoms with E-state index in [9.17, 15) is 20.4 Å². The van der Waals surface area contributed by atoms with Crippen LogP contribution in [0.15, 0.2) is 48.5 Å². The minimum Gasteiger partial charge on any atom is -0.395 e.